The lowest BCUT2D eigenvalue weighted by molar-refractivity contribution is -0.143. The summed E-state index contributed by atoms with van der Waals surface area (Å²) in [7, 11) is 0. The van der Waals surface area contributed by atoms with Gasteiger partial charge in [0.05, 0.1) is 19.1 Å². The van der Waals surface area contributed by atoms with Crippen LogP contribution in [0.1, 0.15) is 72.1 Å². The summed E-state index contributed by atoms with van der Waals surface area (Å²) in [5.41, 5.74) is 2.80. The summed E-state index contributed by atoms with van der Waals surface area (Å²) < 4.78 is 10.3. The number of pyridine rings is 1. The fourth-order valence-electron chi connectivity index (χ4n) is 3.34. The van der Waals surface area contributed by atoms with E-state index in [1.807, 2.05) is 24.3 Å². The molecule has 8 nitrogen and oxygen atoms in total. The first-order chi connectivity index (χ1) is 16.3. The number of benzene rings is 1. The normalized spacial score (nSPS) is 12.4. The van der Waals surface area contributed by atoms with Crippen molar-refractivity contribution < 1.29 is 23.9 Å². The molecule has 0 spiro atoms. The molecule has 1 aromatic heterocycles. The van der Waals surface area contributed by atoms with E-state index < -0.39 is 29.6 Å². The topological polar surface area (TPSA) is 107 Å². The lowest BCUT2D eigenvalue weighted by Crippen LogP contribution is -2.41. The number of hydrogen-bond donors (Lipinski definition) is 2. The molecule has 2 rings (SSSR count). The molecule has 0 radical (unpaired) electrons. The summed E-state index contributed by atoms with van der Waals surface area (Å²) in [6.45, 7) is 13.2. The number of alkyl carbamates (subject to hydrolysis) is 1. The Morgan fingerprint density at radius 3 is 2.31 bits per heavy atom. The molecule has 8 heteroatoms. The highest BCUT2D eigenvalue weighted by Crippen LogP contribution is 2.32. The van der Waals surface area contributed by atoms with Crippen molar-refractivity contribution in [3.63, 3.8) is 0 Å². The van der Waals surface area contributed by atoms with Gasteiger partial charge in [-0.25, -0.2) is 4.79 Å². The highest BCUT2D eigenvalue weighted by molar-refractivity contribution is 5.83. The number of ether oxygens (including phenoxy) is 2. The first-order valence-corrected chi connectivity index (χ1v) is 11.8. The first-order valence-electron chi connectivity index (χ1n) is 11.8. The average molecular weight is 484 g/mol. The van der Waals surface area contributed by atoms with Crippen LogP contribution in [-0.2, 0) is 24.5 Å². The Hall–Kier alpha value is -3.42. The van der Waals surface area contributed by atoms with Crippen LogP contribution in [0.5, 0.6) is 0 Å². The van der Waals surface area contributed by atoms with Gasteiger partial charge in [0.15, 0.2) is 0 Å². The van der Waals surface area contributed by atoms with Crippen LogP contribution in [-0.4, -0.2) is 41.7 Å². The number of esters is 1. The van der Waals surface area contributed by atoms with Crippen molar-refractivity contribution in [1.82, 2.24) is 15.6 Å². The van der Waals surface area contributed by atoms with E-state index in [0.29, 0.717) is 0 Å². The van der Waals surface area contributed by atoms with E-state index in [0.717, 1.165) is 22.3 Å². The van der Waals surface area contributed by atoms with Crippen LogP contribution >= 0.6 is 0 Å². The molecular formula is C27H37N3O5. The standard InChI is InChI=1S/C27H37N3O5/c1-8-34-24(32)15-22(30-23(31)17-29-25(33)35-27(5,6)7)20-12-19(18-10-9-11-28-16-18)13-21(14-20)26(2,3)4/h9-14,16,22H,8,15,17H2,1-7H3,(H,29,33)(H,30,31). The fraction of sp³-hybridized carbons (Fsp3) is 0.481. The van der Waals surface area contributed by atoms with Gasteiger partial charge in [-0.1, -0.05) is 39.0 Å². The zero-order chi connectivity index (χ0) is 26.2. The van der Waals surface area contributed by atoms with Gasteiger partial charge in [0.2, 0.25) is 5.91 Å². The lowest BCUT2D eigenvalue weighted by atomic mass is 9.83. The third-order valence-corrected chi connectivity index (χ3v) is 5.02. The summed E-state index contributed by atoms with van der Waals surface area (Å²) in [5, 5.41) is 5.32. The molecule has 35 heavy (non-hydrogen) atoms. The van der Waals surface area contributed by atoms with Gasteiger partial charge in [0.1, 0.15) is 12.1 Å². The highest BCUT2D eigenvalue weighted by atomic mass is 16.6. The Kier molecular flexibility index (Phi) is 9.40. The minimum atomic E-state index is -0.691. The molecule has 190 valence electrons. The Balaban J connectivity index is 2.36. The van der Waals surface area contributed by atoms with Gasteiger partial charge in [0.25, 0.3) is 0 Å². The second kappa shape index (κ2) is 11.8. The number of carbonyl (C=O) groups is 3. The fourth-order valence-corrected chi connectivity index (χ4v) is 3.34. The molecule has 0 aliphatic heterocycles. The minimum absolute atomic E-state index is 0.0495. The SMILES string of the molecule is CCOC(=O)CC(NC(=O)CNC(=O)OC(C)(C)C)c1cc(-c2cccnc2)cc(C(C)(C)C)c1. The largest absolute Gasteiger partial charge is 0.466 e. The van der Waals surface area contributed by atoms with Crippen molar-refractivity contribution in [2.45, 2.75) is 71.9 Å². The van der Waals surface area contributed by atoms with Crippen molar-refractivity contribution in [1.29, 1.82) is 0 Å². The molecule has 1 aromatic carbocycles. The van der Waals surface area contributed by atoms with Crippen LogP contribution in [0.15, 0.2) is 42.7 Å². The molecule has 0 bridgehead atoms. The molecule has 2 aromatic rings. The maximum atomic E-state index is 12.7. The zero-order valence-electron chi connectivity index (χ0n) is 21.7. The Morgan fingerprint density at radius 1 is 1.03 bits per heavy atom. The molecule has 2 N–H and O–H groups in total. The van der Waals surface area contributed by atoms with Crippen molar-refractivity contribution in [2.24, 2.45) is 0 Å². The number of amides is 2. The van der Waals surface area contributed by atoms with Gasteiger partial charge < -0.3 is 20.1 Å². The predicted molar refractivity (Wildman–Crippen MR) is 135 cm³/mol. The van der Waals surface area contributed by atoms with Gasteiger partial charge in [-0.05, 0) is 61.9 Å². The minimum Gasteiger partial charge on any atom is -0.466 e. The highest BCUT2D eigenvalue weighted by Gasteiger charge is 2.24. The second-order valence-corrected chi connectivity index (χ2v) is 10.3. The number of hydrogen-bond acceptors (Lipinski definition) is 6. The molecular weight excluding hydrogens is 446 g/mol. The number of nitrogens with zero attached hydrogens (tertiary/aromatic N) is 1. The van der Waals surface area contributed by atoms with Gasteiger partial charge in [-0.3, -0.25) is 14.6 Å². The van der Waals surface area contributed by atoms with Crippen LogP contribution in [0.2, 0.25) is 0 Å². The smallest absolute Gasteiger partial charge is 0.408 e. The number of aromatic nitrogens is 1. The van der Waals surface area contributed by atoms with E-state index in [2.05, 4.69) is 42.5 Å². The molecule has 2 amide bonds. The number of nitrogens with one attached hydrogen (secondary N) is 2. The van der Waals surface area contributed by atoms with E-state index in [1.165, 1.54) is 0 Å². The Morgan fingerprint density at radius 2 is 1.74 bits per heavy atom. The number of rotatable bonds is 8. The van der Waals surface area contributed by atoms with Gasteiger partial charge in [-0.15, -0.1) is 0 Å². The predicted octanol–water partition coefficient (Wildman–Crippen LogP) is 4.68. The van der Waals surface area contributed by atoms with Crippen molar-refractivity contribution in [2.75, 3.05) is 13.2 Å². The first kappa shape index (κ1) is 27.8. The molecule has 0 saturated carbocycles. The van der Waals surface area contributed by atoms with E-state index >= 15 is 0 Å². The summed E-state index contributed by atoms with van der Waals surface area (Å²) >= 11 is 0. The quantitative estimate of drug-likeness (QED) is 0.528. The summed E-state index contributed by atoms with van der Waals surface area (Å²) in [5.74, 6) is -0.878. The van der Waals surface area contributed by atoms with Crippen LogP contribution in [0, 0.1) is 0 Å². The van der Waals surface area contributed by atoms with Crippen molar-refractivity contribution in [3.05, 3.63) is 53.9 Å². The van der Waals surface area contributed by atoms with E-state index in [9.17, 15) is 14.4 Å². The zero-order valence-corrected chi connectivity index (χ0v) is 21.7. The van der Waals surface area contributed by atoms with Gasteiger partial charge >= 0.3 is 12.1 Å². The second-order valence-electron chi connectivity index (χ2n) is 10.3. The van der Waals surface area contributed by atoms with E-state index in [-0.39, 0.29) is 25.0 Å². The van der Waals surface area contributed by atoms with Crippen molar-refractivity contribution >= 4 is 18.0 Å². The monoisotopic (exact) mass is 483 g/mol. The lowest BCUT2D eigenvalue weighted by Gasteiger charge is -2.25. The van der Waals surface area contributed by atoms with Gasteiger partial charge in [-0.2, -0.15) is 0 Å². The van der Waals surface area contributed by atoms with Crippen LogP contribution in [0.4, 0.5) is 4.79 Å². The molecule has 1 heterocycles. The van der Waals surface area contributed by atoms with Crippen LogP contribution in [0.3, 0.4) is 0 Å². The summed E-state index contributed by atoms with van der Waals surface area (Å²) in [4.78, 5) is 41.3. The summed E-state index contributed by atoms with van der Waals surface area (Å²) in [6.07, 6.45) is 2.74. The Labute approximate surface area is 207 Å². The molecule has 0 aliphatic rings. The van der Waals surface area contributed by atoms with E-state index in [1.54, 1.807) is 40.1 Å². The maximum Gasteiger partial charge on any atom is 0.408 e. The molecule has 1 unspecified atom stereocenters. The molecule has 1 atom stereocenters. The van der Waals surface area contributed by atoms with Crippen LogP contribution < -0.4 is 10.6 Å². The Bertz CT molecular complexity index is 1020. The number of carbonyl (C=O) groups excluding carboxylic acids is 3. The average Bonchev–Trinajstić information content (AvgIpc) is 2.76. The summed E-state index contributed by atoms with van der Waals surface area (Å²) in [6, 6.07) is 9.19. The third-order valence-electron chi connectivity index (χ3n) is 5.02. The van der Waals surface area contributed by atoms with Crippen molar-refractivity contribution in [3.8, 4) is 11.1 Å². The maximum absolute atomic E-state index is 12.7. The third kappa shape index (κ3) is 9.39. The molecule has 0 saturated heterocycles. The van der Waals surface area contributed by atoms with E-state index in [4.69, 9.17) is 9.47 Å². The molecule has 0 aliphatic carbocycles. The van der Waals surface area contributed by atoms with Gasteiger partial charge in [0, 0.05) is 18.0 Å². The molecule has 0 fully saturated rings. The van der Waals surface area contributed by atoms with Crippen LogP contribution in [0.25, 0.3) is 11.1 Å².